The summed E-state index contributed by atoms with van der Waals surface area (Å²) in [4.78, 5) is 12.0. The molecule has 1 aliphatic heterocycles. The van der Waals surface area contributed by atoms with Crippen molar-refractivity contribution in [1.29, 1.82) is 0 Å². The van der Waals surface area contributed by atoms with E-state index in [2.05, 4.69) is 24.4 Å². The minimum absolute atomic E-state index is 0.0937. The number of hydrogen-bond donors (Lipinski definition) is 1. The van der Waals surface area contributed by atoms with Gasteiger partial charge >= 0.3 is 0 Å². The average molecular weight is 243 g/mol. The van der Waals surface area contributed by atoms with Gasteiger partial charge in [0.2, 0.25) is 0 Å². The fourth-order valence-corrected chi connectivity index (χ4v) is 3.36. The number of hydrogen-bond acceptors (Lipinski definition) is 2. The Morgan fingerprint density at radius 2 is 2.00 bits per heavy atom. The first-order valence-corrected chi connectivity index (χ1v) is 7.02. The first-order chi connectivity index (χ1) is 8.63. The molecule has 1 fully saturated rings. The van der Waals surface area contributed by atoms with Crippen LogP contribution < -0.4 is 5.32 Å². The van der Waals surface area contributed by atoms with E-state index in [1.165, 1.54) is 24.1 Å². The van der Waals surface area contributed by atoms with Crippen molar-refractivity contribution >= 4 is 5.78 Å². The largest absolute Gasteiger partial charge is 0.388 e. The van der Waals surface area contributed by atoms with Gasteiger partial charge < -0.3 is 5.32 Å². The molecule has 1 heterocycles. The van der Waals surface area contributed by atoms with Crippen LogP contribution in [-0.4, -0.2) is 12.3 Å². The van der Waals surface area contributed by atoms with Crippen LogP contribution in [0.1, 0.15) is 33.1 Å². The van der Waals surface area contributed by atoms with Crippen molar-refractivity contribution in [3.05, 3.63) is 35.1 Å². The molecule has 3 rings (SSSR count). The summed E-state index contributed by atoms with van der Waals surface area (Å²) in [7, 11) is 0. The Morgan fingerprint density at radius 1 is 1.22 bits per heavy atom. The maximum atomic E-state index is 12.0. The molecule has 0 spiro atoms. The lowest BCUT2D eigenvalue weighted by atomic mass is 9.73. The quantitative estimate of drug-likeness (QED) is 0.767. The van der Waals surface area contributed by atoms with Crippen molar-refractivity contribution in [3.8, 4) is 0 Å². The van der Waals surface area contributed by atoms with Gasteiger partial charge in [0.25, 0.3) is 0 Å². The highest BCUT2D eigenvalue weighted by Crippen LogP contribution is 2.39. The lowest BCUT2D eigenvalue weighted by Gasteiger charge is -2.34. The molecule has 2 heteroatoms. The van der Waals surface area contributed by atoms with Crippen LogP contribution in [-0.2, 0) is 4.79 Å². The monoisotopic (exact) mass is 243 g/mol. The highest BCUT2D eigenvalue weighted by molar-refractivity contribution is 5.96. The summed E-state index contributed by atoms with van der Waals surface area (Å²) >= 11 is 0. The van der Waals surface area contributed by atoms with E-state index in [0.717, 1.165) is 24.5 Å². The Labute approximate surface area is 109 Å². The predicted molar refractivity (Wildman–Crippen MR) is 72.9 cm³/mol. The molecular formula is C16H21NO. The van der Waals surface area contributed by atoms with Crippen molar-refractivity contribution in [2.75, 3.05) is 6.54 Å². The van der Waals surface area contributed by atoms with Crippen molar-refractivity contribution in [2.45, 2.75) is 33.1 Å². The van der Waals surface area contributed by atoms with Crippen LogP contribution in [0.5, 0.6) is 0 Å². The molecule has 1 unspecified atom stereocenters. The molecule has 0 bridgehead atoms. The number of carbonyl (C=O) groups is 1. The highest BCUT2D eigenvalue weighted by atomic mass is 16.1. The van der Waals surface area contributed by atoms with E-state index < -0.39 is 0 Å². The van der Waals surface area contributed by atoms with E-state index in [0.29, 0.717) is 5.92 Å². The Hall–Kier alpha value is -1.31. The van der Waals surface area contributed by atoms with Crippen molar-refractivity contribution in [2.24, 2.45) is 17.8 Å². The summed E-state index contributed by atoms with van der Waals surface area (Å²) in [6, 6.07) is 0. The second-order valence-corrected chi connectivity index (χ2v) is 6.08. The van der Waals surface area contributed by atoms with Gasteiger partial charge in [0.05, 0.1) is 0 Å². The topological polar surface area (TPSA) is 29.1 Å². The SMILES string of the molecule is CC1=CC(=O)C2CCNC(C3CC(C)C3)=CC2=C1. The summed E-state index contributed by atoms with van der Waals surface area (Å²) in [5.41, 5.74) is 3.68. The van der Waals surface area contributed by atoms with Gasteiger partial charge in [-0.15, -0.1) is 0 Å². The summed E-state index contributed by atoms with van der Waals surface area (Å²) in [5, 5.41) is 3.54. The Balaban J connectivity index is 1.87. The molecule has 0 aromatic heterocycles. The molecular weight excluding hydrogens is 222 g/mol. The summed E-state index contributed by atoms with van der Waals surface area (Å²) < 4.78 is 0. The lowest BCUT2D eigenvalue weighted by Crippen LogP contribution is -2.30. The maximum Gasteiger partial charge on any atom is 0.163 e. The third-order valence-corrected chi connectivity index (χ3v) is 4.41. The molecule has 0 amide bonds. The zero-order valence-electron chi connectivity index (χ0n) is 11.2. The number of nitrogens with one attached hydrogen (secondary N) is 1. The van der Waals surface area contributed by atoms with Gasteiger partial charge in [-0.05, 0) is 61.3 Å². The number of rotatable bonds is 1. The Bertz CT molecular complexity index is 463. The second-order valence-electron chi connectivity index (χ2n) is 6.08. The van der Waals surface area contributed by atoms with Gasteiger partial charge in [0.1, 0.15) is 0 Å². The molecule has 96 valence electrons. The number of fused-ring (bicyclic) bond motifs is 1. The van der Waals surface area contributed by atoms with Crippen molar-refractivity contribution in [3.63, 3.8) is 0 Å². The first kappa shape index (κ1) is 11.8. The second kappa shape index (κ2) is 4.42. The molecule has 0 aromatic carbocycles. The number of allylic oxidation sites excluding steroid dienone is 6. The molecule has 1 atom stereocenters. The summed E-state index contributed by atoms with van der Waals surface area (Å²) in [5.74, 6) is 1.93. The van der Waals surface area contributed by atoms with Gasteiger partial charge in [-0.2, -0.15) is 0 Å². The van der Waals surface area contributed by atoms with Gasteiger partial charge in [0, 0.05) is 18.2 Å². The molecule has 1 N–H and O–H groups in total. The molecule has 0 radical (unpaired) electrons. The van der Waals surface area contributed by atoms with Crippen molar-refractivity contribution < 1.29 is 4.79 Å². The molecule has 1 saturated carbocycles. The van der Waals surface area contributed by atoms with Gasteiger partial charge in [-0.1, -0.05) is 13.0 Å². The van der Waals surface area contributed by atoms with Crippen LogP contribution in [0.15, 0.2) is 35.1 Å². The van der Waals surface area contributed by atoms with Crippen LogP contribution in [0.3, 0.4) is 0 Å². The predicted octanol–water partition coefficient (Wildman–Crippen LogP) is 2.98. The van der Waals surface area contributed by atoms with E-state index in [-0.39, 0.29) is 11.7 Å². The molecule has 3 aliphatic rings. The minimum atomic E-state index is 0.0937. The van der Waals surface area contributed by atoms with Crippen LogP contribution in [0.25, 0.3) is 0 Å². The zero-order chi connectivity index (χ0) is 12.7. The standard InChI is InChI=1S/C16H21NO/c1-10-6-13(7-10)15-9-12-5-11(2)8-16(18)14(12)3-4-17-15/h5,8-10,13-14,17H,3-4,6-7H2,1-2H3. The molecule has 0 aromatic rings. The van der Waals surface area contributed by atoms with Crippen molar-refractivity contribution in [1.82, 2.24) is 5.32 Å². The minimum Gasteiger partial charge on any atom is -0.388 e. The van der Waals surface area contributed by atoms with E-state index in [9.17, 15) is 4.79 Å². The Morgan fingerprint density at radius 3 is 2.72 bits per heavy atom. The molecule has 2 aliphatic carbocycles. The number of ketones is 1. The van der Waals surface area contributed by atoms with Gasteiger partial charge in [0.15, 0.2) is 5.78 Å². The third kappa shape index (κ3) is 2.05. The van der Waals surface area contributed by atoms with Crippen LogP contribution in [0.2, 0.25) is 0 Å². The normalized spacial score (nSPS) is 35.3. The van der Waals surface area contributed by atoms with Gasteiger partial charge in [-0.3, -0.25) is 4.79 Å². The van der Waals surface area contributed by atoms with E-state index >= 15 is 0 Å². The van der Waals surface area contributed by atoms with E-state index in [1.54, 1.807) is 6.08 Å². The first-order valence-electron chi connectivity index (χ1n) is 7.02. The molecule has 2 nitrogen and oxygen atoms in total. The summed E-state index contributed by atoms with van der Waals surface area (Å²) in [6.07, 6.45) is 9.73. The molecule has 18 heavy (non-hydrogen) atoms. The Kier molecular flexibility index (Phi) is 2.89. The lowest BCUT2D eigenvalue weighted by molar-refractivity contribution is -0.117. The third-order valence-electron chi connectivity index (χ3n) is 4.41. The van der Waals surface area contributed by atoms with Gasteiger partial charge in [-0.25, -0.2) is 0 Å². The maximum absolute atomic E-state index is 12.0. The fraction of sp³-hybridized carbons (Fsp3) is 0.562. The molecule has 0 saturated heterocycles. The smallest absolute Gasteiger partial charge is 0.163 e. The number of carbonyl (C=O) groups excluding carboxylic acids is 1. The van der Waals surface area contributed by atoms with E-state index in [1.807, 2.05) is 6.92 Å². The highest BCUT2D eigenvalue weighted by Gasteiger charge is 2.32. The fourth-order valence-electron chi connectivity index (χ4n) is 3.36. The summed E-state index contributed by atoms with van der Waals surface area (Å²) in [6.45, 7) is 5.25. The zero-order valence-corrected chi connectivity index (χ0v) is 11.2. The van der Waals surface area contributed by atoms with Crippen LogP contribution >= 0.6 is 0 Å². The average Bonchev–Trinajstić information content (AvgIpc) is 2.46. The van der Waals surface area contributed by atoms with E-state index in [4.69, 9.17) is 0 Å². The van der Waals surface area contributed by atoms with Crippen LogP contribution in [0.4, 0.5) is 0 Å². The van der Waals surface area contributed by atoms with Crippen LogP contribution in [0, 0.1) is 17.8 Å².